The molecule has 1 amide bonds. The van der Waals surface area contributed by atoms with E-state index in [0.717, 1.165) is 23.6 Å². The lowest BCUT2D eigenvalue weighted by molar-refractivity contribution is -0.126. The first-order valence-electron chi connectivity index (χ1n) is 13.4. The molecule has 2 aliphatic rings. The molecule has 0 spiro atoms. The molecule has 37 heavy (non-hydrogen) atoms. The van der Waals surface area contributed by atoms with E-state index < -0.39 is 0 Å². The number of likely N-dealkylation sites (tertiary alicyclic amines) is 1. The first kappa shape index (κ1) is 30.2. The van der Waals surface area contributed by atoms with Crippen LogP contribution in [0.2, 0.25) is 0 Å². The summed E-state index contributed by atoms with van der Waals surface area (Å²) in [7, 11) is 3.45. The number of nitrogens with zero attached hydrogens (tertiary/aromatic N) is 2. The van der Waals surface area contributed by atoms with Gasteiger partial charge in [-0.2, -0.15) is 0 Å². The van der Waals surface area contributed by atoms with Crippen LogP contribution in [0.1, 0.15) is 58.1 Å². The molecule has 5 heteroatoms. The molecule has 2 heterocycles. The Morgan fingerprint density at radius 3 is 1.97 bits per heavy atom. The fraction of sp³-hybridized carbons (Fsp3) is 0.469. The first-order valence-corrected chi connectivity index (χ1v) is 13.4. The molecule has 0 N–H and O–H groups in total. The van der Waals surface area contributed by atoms with Crippen LogP contribution in [0.4, 0.5) is 0 Å². The Kier molecular flexibility index (Phi) is 12.4. The van der Waals surface area contributed by atoms with Crippen molar-refractivity contribution in [3.05, 3.63) is 71.8 Å². The number of hydrogen-bond acceptors (Lipinski definition) is 4. The zero-order valence-electron chi connectivity index (χ0n) is 24.1. The highest BCUT2D eigenvalue weighted by atomic mass is 16.7. The lowest BCUT2D eigenvalue weighted by Crippen LogP contribution is -2.43. The SMILES string of the molecule is CC(=O)N(C)C.CCN1[C@H](C)CCC[C@@H]1C.Cc1ccc2c(c1)OCO2.Cc1ccc2ccccc2c1. The lowest BCUT2D eigenvalue weighted by Gasteiger charge is -2.38. The molecule has 0 unspecified atom stereocenters. The van der Waals surface area contributed by atoms with Crippen LogP contribution in [0, 0.1) is 13.8 Å². The summed E-state index contributed by atoms with van der Waals surface area (Å²) in [6, 6.07) is 22.5. The fourth-order valence-electron chi connectivity index (χ4n) is 4.41. The van der Waals surface area contributed by atoms with Gasteiger partial charge in [-0.1, -0.05) is 67.4 Å². The summed E-state index contributed by atoms with van der Waals surface area (Å²) in [5, 5.41) is 2.64. The second-order valence-corrected chi connectivity index (χ2v) is 10.1. The maximum Gasteiger partial charge on any atom is 0.231 e. The van der Waals surface area contributed by atoms with Crippen molar-refractivity contribution in [2.75, 3.05) is 27.4 Å². The number of carbonyl (C=O) groups is 1. The number of ether oxygens (including phenoxy) is 2. The number of piperidine rings is 1. The molecule has 2 atom stereocenters. The van der Waals surface area contributed by atoms with Crippen LogP contribution < -0.4 is 9.47 Å². The van der Waals surface area contributed by atoms with Gasteiger partial charge in [0.25, 0.3) is 0 Å². The topological polar surface area (TPSA) is 42.0 Å². The van der Waals surface area contributed by atoms with Crippen molar-refractivity contribution in [3.63, 3.8) is 0 Å². The van der Waals surface area contributed by atoms with Crippen LogP contribution in [0.3, 0.4) is 0 Å². The average Bonchev–Trinajstić information content (AvgIpc) is 3.33. The van der Waals surface area contributed by atoms with E-state index in [0.29, 0.717) is 6.79 Å². The molecule has 5 nitrogen and oxygen atoms in total. The second kappa shape index (κ2) is 15.3. The molecular weight excluding hydrogens is 460 g/mol. The van der Waals surface area contributed by atoms with E-state index in [4.69, 9.17) is 9.47 Å². The average molecular weight is 507 g/mol. The van der Waals surface area contributed by atoms with Crippen LogP contribution in [0.15, 0.2) is 60.7 Å². The van der Waals surface area contributed by atoms with Crippen molar-refractivity contribution in [2.45, 2.75) is 72.9 Å². The van der Waals surface area contributed by atoms with E-state index >= 15 is 0 Å². The fourth-order valence-corrected chi connectivity index (χ4v) is 4.41. The van der Waals surface area contributed by atoms with E-state index in [1.165, 1.54) is 59.5 Å². The summed E-state index contributed by atoms with van der Waals surface area (Å²) < 4.78 is 10.3. The molecule has 202 valence electrons. The van der Waals surface area contributed by atoms with E-state index in [9.17, 15) is 4.79 Å². The van der Waals surface area contributed by atoms with Gasteiger partial charge in [-0.15, -0.1) is 0 Å². The number of rotatable bonds is 1. The van der Waals surface area contributed by atoms with E-state index in [-0.39, 0.29) is 5.91 Å². The third-order valence-electron chi connectivity index (χ3n) is 6.80. The summed E-state index contributed by atoms with van der Waals surface area (Å²) in [6.45, 7) is 14.2. The Morgan fingerprint density at radius 2 is 1.41 bits per heavy atom. The van der Waals surface area contributed by atoms with Gasteiger partial charge in [0.05, 0.1) is 0 Å². The van der Waals surface area contributed by atoms with Gasteiger partial charge in [0.2, 0.25) is 12.7 Å². The van der Waals surface area contributed by atoms with Crippen LogP contribution in [0.25, 0.3) is 10.8 Å². The zero-order valence-corrected chi connectivity index (χ0v) is 24.1. The predicted octanol–water partition coefficient (Wildman–Crippen LogP) is 7.24. The monoisotopic (exact) mass is 506 g/mol. The minimum atomic E-state index is 0.0926. The van der Waals surface area contributed by atoms with Crippen LogP contribution in [-0.2, 0) is 4.79 Å². The zero-order chi connectivity index (χ0) is 27.4. The third-order valence-corrected chi connectivity index (χ3v) is 6.80. The number of fused-ring (bicyclic) bond motifs is 2. The minimum Gasteiger partial charge on any atom is -0.454 e. The molecule has 0 radical (unpaired) electrons. The van der Waals surface area contributed by atoms with E-state index in [2.05, 4.69) is 75.1 Å². The molecule has 0 bridgehead atoms. The van der Waals surface area contributed by atoms with Crippen molar-refractivity contribution < 1.29 is 14.3 Å². The molecule has 0 aliphatic carbocycles. The van der Waals surface area contributed by atoms with Crippen molar-refractivity contribution in [3.8, 4) is 11.5 Å². The van der Waals surface area contributed by atoms with Gasteiger partial charge in [0, 0.05) is 33.1 Å². The number of carbonyl (C=O) groups excluding carboxylic acids is 1. The van der Waals surface area contributed by atoms with Gasteiger partial charge < -0.3 is 14.4 Å². The molecule has 0 aromatic heterocycles. The second-order valence-electron chi connectivity index (χ2n) is 10.1. The highest BCUT2D eigenvalue weighted by Crippen LogP contribution is 2.32. The van der Waals surface area contributed by atoms with Gasteiger partial charge in [-0.25, -0.2) is 0 Å². The molecule has 1 fully saturated rings. The van der Waals surface area contributed by atoms with E-state index in [1.807, 2.05) is 25.1 Å². The van der Waals surface area contributed by atoms with Crippen LogP contribution >= 0.6 is 0 Å². The molecule has 1 saturated heterocycles. The Balaban J connectivity index is 0.000000177. The molecule has 2 aliphatic heterocycles. The Bertz CT molecular complexity index is 1100. The Morgan fingerprint density at radius 1 is 0.865 bits per heavy atom. The van der Waals surface area contributed by atoms with Gasteiger partial charge in [0.15, 0.2) is 11.5 Å². The number of amides is 1. The summed E-state index contributed by atoms with van der Waals surface area (Å²) in [4.78, 5) is 14.2. The summed E-state index contributed by atoms with van der Waals surface area (Å²) >= 11 is 0. The third kappa shape index (κ3) is 10.1. The van der Waals surface area contributed by atoms with Crippen molar-refractivity contribution in [1.29, 1.82) is 0 Å². The minimum absolute atomic E-state index is 0.0926. The van der Waals surface area contributed by atoms with Gasteiger partial charge in [-0.05, 0) is 75.5 Å². The number of hydrogen-bond donors (Lipinski definition) is 0. The van der Waals surface area contributed by atoms with Gasteiger partial charge in [-0.3, -0.25) is 9.69 Å². The highest BCUT2D eigenvalue weighted by Gasteiger charge is 2.22. The maximum atomic E-state index is 10.1. The smallest absolute Gasteiger partial charge is 0.231 e. The Hall–Kier alpha value is -3.05. The molecular formula is C32H46N2O3. The molecule has 3 aromatic carbocycles. The quantitative estimate of drug-likeness (QED) is 0.349. The normalized spacial score (nSPS) is 17.8. The van der Waals surface area contributed by atoms with Gasteiger partial charge >= 0.3 is 0 Å². The molecule has 5 rings (SSSR count). The Labute approximate surface area is 224 Å². The van der Waals surface area contributed by atoms with Crippen molar-refractivity contribution >= 4 is 16.7 Å². The standard InChI is InChI=1S/C11H10.C9H19N.C8H8O2.C4H9NO/c1-9-6-7-10-4-2-3-5-11(10)8-9;1-4-10-8(2)6-5-7-9(10)3;1-6-2-3-7-8(4-6)10-5-9-7;1-4(6)5(2)3/h2-8H,1H3;8-9H,4-7H2,1-3H3;2-4H,5H2,1H3;1-3H3/t;8-,9+;;. The maximum absolute atomic E-state index is 10.1. The van der Waals surface area contributed by atoms with Crippen molar-refractivity contribution in [1.82, 2.24) is 9.80 Å². The van der Waals surface area contributed by atoms with E-state index in [1.54, 1.807) is 14.1 Å². The first-order chi connectivity index (χ1) is 17.6. The number of benzene rings is 3. The van der Waals surface area contributed by atoms with Crippen LogP contribution in [-0.4, -0.2) is 55.2 Å². The van der Waals surface area contributed by atoms with Gasteiger partial charge in [0.1, 0.15) is 0 Å². The van der Waals surface area contributed by atoms with Crippen molar-refractivity contribution in [2.24, 2.45) is 0 Å². The summed E-state index contributed by atoms with van der Waals surface area (Å²) in [5.74, 6) is 1.81. The lowest BCUT2D eigenvalue weighted by atomic mass is 9.98. The number of aryl methyl sites for hydroxylation is 2. The van der Waals surface area contributed by atoms with Crippen LogP contribution in [0.5, 0.6) is 11.5 Å². The molecule has 3 aromatic rings. The summed E-state index contributed by atoms with van der Waals surface area (Å²) in [5.41, 5.74) is 2.52. The predicted molar refractivity (Wildman–Crippen MR) is 156 cm³/mol. The largest absolute Gasteiger partial charge is 0.454 e. The highest BCUT2D eigenvalue weighted by molar-refractivity contribution is 5.82. The molecule has 0 saturated carbocycles. The summed E-state index contributed by atoms with van der Waals surface area (Å²) in [6.07, 6.45) is 4.23.